The van der Waals surface area contributed by atoms with Gasteiger partial charge in [0.2, 0.25) is 0 Å². The van der Waals surface area contributed by atoms with E-state index in [1.807, 2.05) is 0 Å². The average Bonchev–Trinajstić information content (AvgIpc) is 0.656. The van der Waals surface area contributed by atoms with Gasteiger partial charge in [0.25, 0.3) is 0 Å². The minimum absolute atomic E-state index is 0.0285. The molecule has 0 bridgehead atoms. The van der Waals surface area contributed by atoms with Crippen LogP contribution in [0.5, 0.6) is 0 Å². The van der Waals surface area contributed by atoms with Gasteiger partial charge in [-0.2, -0.15) is 0 Å². The van der Waals surface area contributed by atoms with E-state index in [9.17, 15) is 27.4 Å². The Bertz CT molecular complexity index is 4200. The second kappa shape index (κ2) is 12.1. The van der Waals surface area contributed by atoms with E-state index < -0.39 is 290 Å². The van der Waals surface area contributed by atoms with Crippen LogP contribution in [-0.2, 0) is 5.41 Å². The summed E-state index contributed by atoms with van der Waals surface area (Å²) in [6, 6.07) is -39.2. The fourth-order valence-corrected chi connectivity index (χ4v) is 5.57. The van der Waals surface area contributed by atoms with Crippen molar-refractivity contribution >= 4 is 27.8 Å². The lowest BCUT2D eigenvalue weighted by Gasteiger charge is -2.40. The van der Waals surface area contributed by atoms with Gasteiger partial charge in [-0.15, -0.1) is 0 Å². The highest BCUT2D eigenvalue weighted by molar-refractivity contribution is 6.10. The first kappa shape index (κ1) is 10.2. The summed E-state index contributed by atoms with van der Waals surface area (Å²) in [6.45, 7) is -8.80. The molecule has 0 aromatic heterocycles. The Hall–Kier alpha value is -6.18. The molecule has 1 nitrogen and oxygen atoms in total. The zero-order chi connectivity index (χ0) is 65.6. The van der Waals surface area contributed by atoms with Gasteiger partial charge in [-0.25, -0.2) is 0 Å². The number of rotatable bonds is 6. The van der Waals surface area contributed by atoms with Crippen molar-refractivity contribution in [3.63, 3.8) is 0 Å². The summed E-state index contributed by atoms with van der Waals surface area (Å²) < 4.78 is 338. The van der Waals surface area contributed by atoms with Gasteiger partial charge in [0, 0.05) is 25.0 Å². The number of benzene rings is 8. The van der Waals surface area contributed by atoms with Crippen LogP contribution >= 0.6 is 0 Å². The lowest BCUT2D eigenvalue weighted by Crippen LogP contribution is -2.27. The van der Waals surface area contributed by atoms with E-state index >= 15 is 0 Å². The smallest absolute Gasteiger partial charge is 0.0645 e. The van der Waals surface area contributed by atoms with Crippen LogP contribution in [0.1, 0.15) is 75.5 Å². The predicted octanol–water partition coefficient (Wildman–Crippen LogP) is 13.6. The van der Waals surface area contributed by atoms with Gasteiger partial charge in [-0.3, -0.25) is 0 Å². The summed E-state index contributed by atoms with van der Waals surface area (Å²) in [5.74, 6) is 0. The predicted molar refractivity (Wildman–Crippen MR) is 213 cm³/mol. The summed E-state index contributed by atoms with van der Waals surface area (Å²) in [6.07, 6.45) is 0. The fraction of sp³-hybridized carbons (Fsp3) is 0.0612. The molecular weight excluding hydrogens is 603 g/mol. The van der Waals surface area contributed by atoms with Gasteiger partial charge in [0.05, 0.1) is 48.2 Å². The third-order valence-corrected chi connectivity index (χ3v) is 7.69. The molecule has 0 amide bonds. The van der Waals surface area contributed by atoms with Gasteiger partial charge in [-0.1, -0.05) is 171 Å². The Kier molecular flexibility index (Phi) is 2.46. The zero-order valence-electron chi connectivity index (χ0n) is 61.9. The second-order valence-corrected chi connectivity index (χ2v) is 10.5. The van der Waals surface area contributed by atoms with Crippen molar-refractivity contribution in [2.45, 2.75) is 19.1 Å². The number of hydrogen-bond donors (Lipinski definition) is 0. The highest BCUT2D eigenvalue weighted by Gasteiger charge is 2.38. The quantitative estimate of drug-likeness (QED) is 0.169. The molecule has 0 unspecified atom stereocenters. The molecule has 9 rings (SSSR count). The van der Waals surface area contributed by atoms with Gasteiger partial charge in [0.15, 0.2) is 0 Å². The molecule has 8 aromatic carbocycles. The van der Waals surface area contributed by atoms with E-state index in [1.165, 1.54) is 0 Å². The van der Waals surface area contributed by atoms with E-state index in [0.717, 1.165) is 0 Å². The van der Waals surface area contributed by atoms with Crippen molar-refractivity contribution in [2.75, 3.05) is 4.90 Å². The molecule has 0 N–H and O–H groups in total. The first-order valence-electron chi connectivity index (χ1n) is 32.9. The molecule has 1 aliphatic rings. The van der Waals surface area contributed by atoms with Crippen LogP contribution in [0.3, 0.4) is 0 Å². The van der Waals surface area contributed by atoms with Gasteiger partial charge in [0.1, 0.15) is 0 Å². The molecule has 50 heavy (non-hydrogen) atoms. The SMILES string of the molecule is [2H]c1c([2H])c([2H])c(-c2c([2H])c([2H])c(N(c3c([2H])c([2H])c(-c4c([2H])c([2H])c([2H])c([2H])c4[2H])c([2H])c3[2H])c3c([2H])c([2H])c([2H])c4c3C(C([2H])([2H])[2H])(C([2H])([2H])[2H])c3c([2H])c([2H])c([2H])c5c([2H])c([2H])c(-c6c([2H])c([2H])c([2H])c([2H])c6[2H])c-4c35)c([2H])c2[2H])c([2H])c1[2H]. The fourth-order valence-electron chi connectivity index (χ4n) is 5.57. The van der Waals surface area contributed by atoms with Crippen molar-refractivity contribution in [3.8, 4) is 44.5 Å². The summed E-state index contributed by atoms with van der Waals surface area (Å²) in [7, 11) is 0. The van der Waals surface area contributed by atoms with Crippen LogP contribution in [-0.4, -0.2) is 0 Å². The molecule has 0 aliphatic heterocycles. The van der Waals surface area contributed by atoms with E-state index in [0.29, 0.717) is 0 Å². The standard InChI is InChI=1S/C49H37N/c1-49(2)44-22-12-20-39-28-33-42(38-18-10-5-11-19-38)47(46(39)44)43-21-13-23-45(48(43)49)50(40-29-24-36(25-30-40)34-14-6-3-7-15-34)41-31-26-37(27-32-41)35-16-8-4-9-17-35/h3-33H,1-2H3/i1D3,2D3,3D,4D,5D,6D,7D,8D,9D,10D,11D,12D,13D,14D,15D,16D,17D,18D,19D,20D,21D,22D,23D,24D,25D,26D,27D,28D,29D,30D,31D,32D,33D. The minimum Gasteiger partial charge on any atom is -0.310 e. The van der Waals surface area contributed by atoms with Crippen LogP contribution < -0.4 is 4.90 Å². The lowest BCUT2D eigenvalue weighted by atomic mass is 9.66. The first-order valence-corrected chi connectivity index (χ1v) is 14.4. The van der Waals surface area contributed by atoms with E-state index in [-0.39, 0.29) is 4.90 Å². The first-order chi connectivity index (χ1) is 40.0. The zero-order valence-corrected chi connectivity index (χ0v) is 24.9. The Morgan fingerprint density at radius 2 is 0.960 bits per heavy atom. The molecule has 1 aliphatic carbocycles. The Balaban J connectivity index is 1.68. The van der Waals surface area contributed by atoms with Crippen LogP contribution in [0.15, 0.2) is 187 Å². The maximum Gasteiger partial charge on any atom is 0.0645 e. The number of hydrogen-bond acceptors (Lipinski definition) is 1. The third-order valence-electron chi connectivity index (χ3n) is 7.69. The summed E-state index contributed by atoms with van der Waals surface area (Å²) in [5.41, 5.74) is -20.7. The van der Waals surface area contributed by atoms with Crippen LogP contribution in [0.25, 0.3) is 55.3 Å². The molecule has 238 valence electrons. The summed E-state index contributed by atoms with van der Waals surface area (Å²) in [4.78, 5) is 0.0285. The van der Waals surface area contributed by atoms with Crippen molar-refractivity contribution in [2.24, 2.45) is 0 Å². The topological polar surface area (TPSA) is 3.24 Å². The molecule has 0 radical (unpaired) electrons. The number of fused-ring (bicyclic) bond motifs is 2. The van der Waals surface area contributed by atoms with Crippen molar-refractivity contribution in [3.05, 3.63) is 198 Å². The molecule has 8 aromatic rings. The van der Waals surface area contributed by atoms with Crippen LogP contribution in [0, 0.1) is 0 Å². The molecule has 0 saturated heterocycles. The summed E-state index contributed by atoms with van der Waals surface area (Å²) in [5, 5.41) is -2.10. The Labute approximate surface area is 346 Å². The number of nitrogens with zero attached hydrogens (tertiary/aromatic N) is 1. The molecule has 0 fully saturated rings. The molecular formula is C49H37N. The van der Waals surface area contributed by atoms with E-state index in [2.05, 4.69) is 0 Å². The second-order valence-electron chi connectivity index (χ2n) is 10.5. The van der Waals surface area contributed by atoms with E-state index in [1.54, 1.807) is 0 Å². The lowest BCUT2D eigenvalue weighted by molar-refractivity contribution is 0.646. The van der Waals surface area contributed by atoms with Crippen molar-refractivity contribution in [1.82, 2.24) is 0 Å². The number of anilines is 3. The van der Waals surface area contributed by atoms with Crippen LogP contribution in [0.4, 0.5) is 17.1 Å². The van der Waals surface area contributed by atoms with Gasteiger partial charge in [-0.05, 0) is 96.6 Å². The third kappa shape index (κ3) is 4.94. The highest BCUT2D eigenvalue weighted by Crippen LogP contribution is 2.55. The average molecular weight is 677 g/mol. The van der Waals surface area contributed by atoms with Gasteiger partial charge >= 0.3 is 0 Å². The molecule has 0 atom stereocenters. The summed E-state index contributed by atoms with van der Waals surface area (Å²) >= 11 is 0. The monoisotopic (exact) mass is 677 g/mol. The molecule has 1 heteroatoms. The highest BCUT2D eigenvalue weighted by atomic mass is 15.1. The van der Waals surface area contributed by atoms with E-state index in [4.69, 9.17) is 23.3 Å². The largest absolute Gasteiger partial charge is 0.310 e. The van der Waals surface area contributed by atoms with Gasteiger partial charge < -0.3 is 4.90 Å². The normalized spacial score (nSPS) is 23.7. The Morgan fingerprint density at radius 3 is 1.52 bits per heavy atom. The maximum atomic E-state index is 9.91. The van der Waals surface area contributed by atoms with Crippen LogP contribution in [0.2, 0.25) is 0 Å². The Morgan fingerprint density at radius 1 is 0.440 bits per heavy atom. The molecule has 0 spiro atoms. The molecule has 0 heterocycles. The molecule has 0 saturated carbocycles. The van der Waals surface area contributed by atoms with Crippen molar-refractivity contribution in [1.29, 1.82) is 0 Å². The minimum atomic E-state index is -4.40. The van der Waals surface area contributed by atoms with Crippen molar-refractivity contribution < 1.29 is 50.7 Å². The maximum absolute atomic E-state index is 9.91.